The summed E-state index contributed by atoms with van der Waals surface area (Å²) in [5.41, 5.74) is 1.13. The van der Waals surface area contributed by atoms with E-state index in [1.165, 1.54) is 19.3 Å². The van der Waals surface area contributed by atoms with Gasteiger partial charge in [0.05, 0.1) is 0 Å². The Labute approximate surface area is 102 Å². The SMILES string of the molecule is N#CCOc1ccccc1CNCC1CCC1. The molecule has 17 heavy (non-hydrogen) atoms. The van der Waals surface area contributed by atoms with E-state index >= 15 is 0 Å². The first-order chi connectivity index (χ1) is 8.40. The molecule has 2 rings (SSSR count). The Morgan fingerprint density at radius 3 is 2.88 bits per heavy atom. The molecule has 0 heterocycles. The summed E-state index contributed by atoms with van der Waals surface area (Å²) in [4.78, 5) is 0. The van der Waals surface area contributed by atoms with Crippen molar-refractivity contribution < 1.29 is 4.74 Å². The first kappa shape index (κ1) is 11.9. The number of ether oxygens (including phenoxy) is 1. The van der Waals surface area contributed by atoms with Gasteiger partial charge >= 0.3 is 0 Å². The van der Waals surface area contributed by atoms with E-state index in [-0.39, 0.29) is 6.61 Å². The van der Waals surface area contributed by atoms with Crippen LogP contribution < -0.4 is 10.1 Å². The molecule has 1 aromatic carbocycles. The maximum atomic E-state index is 8.52. The Balaban J connectivity index is 1.83. The highest BCUT2D eigenvalue weighted by Crippen LogP contribution is 2.25. The third-order valence-electron chi connectivity index (χ3n) is 3.24. The summed E-state index contributed by atoms with van der Waals surface area (Å²) >= 11 is 0. The molecule has 1 saturated carbocycles. The maximum absolute atomic E-state index is 8.52. The number of nitrogens with zero attached hydrogens (tertiary/aromatic N) is 1. The number of benzene rings is 1. The van der Waals surface area contributed by atoms with Crippen molar-refractivity contribution in [3.63, 3.8) is 0 Å². The summed E-state index contributed by atoms with van der Waals surface area (Å²) in [5, 5.41) is 12.0. The van der Waals surface area contributed by atoms with Crippen molar-refractivity contribution in [2.24, 2.45) is 5.92 Å². The van der Waals surface area contributed by atoms with Gasteiger partial charge in [-0.2, -0.15) is 5.26 Å². The Morgan fingerprint density at radius 1 is 1.35 bits per heavy atom. The second-order valence-electron chi connectivity index (χ2n) is 4.48. The van der Waals surface area contributed by atoms with Crippen molar-refractivity contribution in [3.05, 3.63) is 29.8 Å². The van der Waals surface area contributed by atoms with Gasteiger partial charge in [0.15, 0.2) is 6.61 Å². The Kier molecular flexibility index (Phi) is 4.40. The minimum atomic E-state index is 0.111. The summed E-state index contributed by atoms with van der Waals surface area (Å²) in [6.45, 7) is 2.02. The molecule has 0 aliphatic heterocycles. The average Bonchev–Trinajstić information content (AvgIpc) is 2.31. The molecule has 3 heteroatoms. The molecular weight excluding hydrogens is 212 g/mol. The molecule has 1 N–H and O–H groups in total. The molecule has 1 aliphatic carbocycles. The van der Waals surface area contributed by atoms with Gasteiger partial charge in [-0.15, -0.1) is 0 Å². The van der Waals surface area contributed by atoms with Gasteiger partial charge in [0.1, 0.15) is 11.8 Å². The lowest BCUT2D eigenvalue weighted by Gasteiger charge is -2.25. The summed E-state index contributed by atoms with van der Waals surface area (Å²) in [6, 6.07) is 9.88. The van der Waals surface area contributed by atoms with E-state index in [0.29, 0.717) is 0 Å². The second-order valence-corrected chi connectivity index (χ2v) is 4.48. The molecule has 3 nitrogen and oxygen atoms in total. The molecule has 0 bridgehead atoms. The van der Waals surface area contributed by atoms with E-state index in [1.807, 2.05) is 30.3 Å². The van der Waals surface area contributed by atoms with Crippen LogP contribution in [0.5, 0.6) is 5.75 Å². The molecule has 1 fully saturated rings. The van der Waals surface area contributed by atoms with Crippen LogP contribution in [0.25, 0.3) is 0 Å². The number of para-hydroxylation sites is 1. The van der Waals surface area contributed by atoms with Gasteiger partial charge in [-0.1, -0.05) is 24.6 Å². The van der Waals surface area contributed by atoms with Crippen molar-refractivity contribution in [1.82, 2.24) is 5.32 Å². The van der Waals surface area contributed by atoms with Crippen LogP contribution in [0.3, 0.4) is 0 Å². The van der Waals surface area contributed by atoms with Crippen molar-refractivity contribution in [2.75, 3.05) is 13.2 Å². The first-order valence-electron chi connectivity index (χ1n) is 6.18. The zero-order valence-electron chi connectivity index (χ0n) is 9.98. The van der Waals surface area contributed by atoms with E-state index in [9.17, 15) is 0 Å². The van der Waals surface area contributed by atoms with Gasteiger partial charge < -0.3 is 10.1 Å². The number of rotatable bonds is 6. The van der Waals surface area contributed by atoms with Crippen molar-refractivity contribution in [3.8, 4) is 11.8 Å². The number of nitriles is 1. The quantitative estimate of drug-likeness (QED) is 0.816. The maximum Gasteiger partial charge on any atom is 0.174 e. The number of hydrogen-bond acceptors (Lipinski definition) is 3. The van der Waals surface area contributed by atoms with Gasteiger partial charge in [0, 0.05) is 12.1 Å². The van der Waals surface area contributed by atoms with Crippen LogP contribution in [0.2, 0.25) is 0 Å². The van der Waals surface area contributed by atoms with E-state index in [0.717, 1.165) is 30.3 Å². The van der Waals surface area contributed by atoms with Crippen LogP contribution in [0, 0.1) is 17.2 Å². The van der Waals surface area contributed by atoms with E-state index < -0.39 is 0 Å². The largest absolute Gasteiger partial charge is 0.478 e. The Morgan fingerprint density at radius 2 is 2.18 bits per heavy atom. The minimum Gasteiger partial charge on any atom is -0.478 e. The van der Waals surface area contributed by atoms with Gasteiger partial charge in [-0.3, -0.25) is 0 Å². The van der Waals surface area contributed by atoms with E-state index in [1.54, 1.807) is 0 Å². The van der Waals surface area contributed by atoms with Gasteiger partial charge in [0.25, 0.3) is 0 Å². The summed E-state index contributed by atoms with van der Waals surface area (Å²) in [6.07, 6.45) is 4.10. The van der Waals surface area contributed by atoms with Crippen LogP contribution in [-0.2, 0) is 6.54 Å². The van der Waals surface area contributed by atoms with E-state index in [4.69, 9.17) is 10.00 Å². The summed E-state index contributed by atoms with van der Waals surface area (Å²) < 4.78 is 5.38. The molecule has 0 saturated heterocycles. The topological polar surface area (TPSA) is 45.0 Å². The van der Waals surface area contributed by atoms with Crippen LogP contribution in [-0.4, -0.2) is 13.2 Å². The van der Waals surface area contributed by atoms with Crippen molar-refractivity contribution >= 4 is 0 Å². The molecule has 0 amide bonds. The lowest BCUT2D eigenvalue weighted by molar-refractivity contribution is 0.300. The second kappa shape index (κ2) is 6.27. The molecule has 0 unspecified atom stereocenters. The van der Waals surface area contributed by atoms with Crippen molar-refractivity contribution in [2.45, 2.75) is 25.8 Å². The fraction of sp³-hybridized carbons (Fsp3) is 0.500. The summed E-state index contributed by atoms with van der Waals surface area (Å²) in [7, 11) is 0. The van der Waals surface area contributed by atoms with Crippen molar-refractivity contribution in [1.29, 1.82) is 5.26 Å². The zero-order valence-corrected chi connectivity index (χ0v) is 9.98. The Bertz CT molecular complexity index is 393. The lowest BCUT2D eigenvalue weighted by Crippen LogP contribution is -2.27. The zero-order chi connectivity index (χ0) is 11.9. The third-order valence-corrected chi connectivity index (χ3v) is 3.24. The normalized spacial score (nSPS) is 15.0. The number of nitrogens with one attached hydrogen (secondary N) is 1. The smallest absolute Gasteiger partial charge is 0.174 e. The molecule has 0 spiro atoms. The van der Waals surface area contributed by atoms with Crippen LogP contribution in [0.15, 0.2) is 24.3 Å². The third kappa shape index (κ3) is 3.47. The standard InChI is InChI=1S/C14H18N2O/c15-8-9-17-14-7-2-1-6-13(14)11-16-10-12-4-3-5-12/h1-2,6-7,12,16H,3-5,9-11H2. The molecule has 1 aromatic rings. The summed E-state index contributed by atoms with van der Waals surface area (Å²) in [5.74, 6) is 1.68. The van der Waals surface area contributed by atoms with Crippen LogP contribution in [0.4, 0.5) is 0 Å². The first-order valence-corrected chi connectivity index (χ1v) is 6.18. The predicted molar refractivity (Wildman–Crippen MR) is 66.6 cm³/mol. The fourth-order valence-electron chi connectivity index (χ4n) is 2.01. The highest BCUT2D eigenvalue weighted by molar-refractivity contribution is 5.33. The van der Waals surface area contributed by atoms with Gasteiger partial charge in [-0.25, -0.2) is 0 Å². The minimum absolute atomic E-state index is 0.111. The van der Waals surface area contributed by atoms with E-state index in [2.05, 4.69) is 5.32 Å². The molecular formula is C14H18N2O. The molecule has 0 atom stereocenters. The molecule has 0 radical (unpaired) electrons. The molecule has 0 aromatic heterocycles. The highest BCUT2D eigenvalue weighted by atomic mass is 16.5. The van der Waals surface area contributed by atoms with Crippen LogP contribution >= 0.6 is 0 Å². The monoisotopic (exact) mass is 230 g/mol. The fourth-order valence-corrected chi connectivity index (χ4v) is 2.01. The lowest BCUT2D eigenvalue weighted by atomic mass is 9.85. The molecule has 1 aliphatic rings. The molecule has 90 valence electrons. The predicted octanol–water partition coefficient (Wildman–Crippen LogP) is 2.48. The highest BCUT2D eigenvalue weighted by Gasteiger charge is 2.16. The average molecular weight is 230 g/mol. The van der Waals surface area contributed by atoms with Gasteiger partial charge in [-0.05, 0) is 31.4 Å². The van der Waals surface area contributed by atoms with Gasteiger partial charge in [0.2, 0.25) is 0 Å². The number of hydrogen-bond donors (Lipinski definition) is 1. The Hall–Kier alpha value is -1.53. The van der Waals surface area contributed by atoms with Crippen LogP contribution in [0.1, 0.15) is 24.8 Å².